The molecule has 1 unspecified atom stereocenters. The van der Waals surface area contributed by atoms with Crippen molar-refractivity contribution in [1.82, 2.24) is 9.80 Å². The number of hydrogen-bond acceptors (Lipinski definition) is 5. The van der Waals surface area contributed by atoms with Crippen LogP contribution in [0.4, 0.5) is 5.69 Å². The standard InChI is InChI=1S/C18H25N3O4/c1-24-16-4-2-3-15(12-16)19-18(23)14-11-17(22)21(13-14)6-5-20-7-9-25-10-8-20/h2-4,12,14H,5-11,13H2,1H3,(H,19,23). The fraction of sp³-hybridized carbons (Fsp3) is 0.556. The lowest BCUT2D eigenvalue weighted by atomic mass is 10.1. The van der Waals surface area contributed by atoms with Gasteiger partial charge in [-0.2, -0.15) is 0 Å². The van der Waals surface area contributed by atoms with Gasteiger partial charge in [0.2, 0.25) is 11.8 Å². The summed E-state index contributed by atoms with van der Waals surface area (Å²) in [7, 11) is 1.59. The molecule has 2 saturated heterocycles. The van der Waals surface area contributed by atoms with Gasteiger partial charge in [0.25, 0.3) is 0 Å². The summed E-state index contributed by atoms with van der Waals surface area (Å²) in [5.74, 6) is 0.324. The molecule has 1 N–H and O–H groups in total. The first-order valence-corrected chi connectivity index (χ1v) is 8.68. The highest BCUT2D eigenvalue weighted by Gasteiger charge is 2.34. The molecule has 0 radical (unpaired) electrons. The van der Waals surface area contributed by atoms with E-state index >= 15 is 0 Å². The fourth-order valence-corrected chi connectivity index (χ4v) is 3.20. The van der Waals surface area contributed by atoms with Crippen LogP contribution in [0, 0.1) is 5.92 Å². The highest BCUT2D eigenvalue weighted by atomic mass is 16.5. The summed E-state index contributed by atoms with van der Waals surface area (Å²) in [5, 5.41) is 2.88. The van der Waals surface area contributed by atoms with Crippen LogP contribution in [0.25, 0.3) is 0 Å². The SMILES string of the molecule is COc1cccc(NC(=O)C2CC(=O)N(CCN3CCOCC3)C2)c1. The molecule has 7 heteroatoms. The minimum absolute atomic E-state index is 0.0547. The van der Waals surface area contributed by atoms with Gasteiger partial charge in [-0.25, -0.2) is 0 Å². The Balaban J connectivity index is 1.49. The number of nitrogens with zero attached hydrogens (tertiary/aromatic N) is 2. The minimum atomic E-state index is -0.302. The zero-order valence-corrected chi connectivity index (χ0v) is 14.6. The third-order valence-corrected chi connectivity index (χ3v) is 4.71. The van der Waals surface area contributed by atoms with Crippen molar-refractivity contribution in [2.45, 2.75) is 6.42 Å². The Morgan fingerprint density at radius 1 is 1.32 bits per heavy atom. The number of rotatable bonds is 6. The number of anilines is 1. The van der Waals surface area contributed by atoms with Crippen LogP contribution >= 0.6 is 0 Å². The molecule has 0 spiro atoms. The third-order valence-electron chi connectivity index (χ3n) is 4.71. The van der Waals surface area contributed by atoms with Gasteiger partial charge < -0.3 is 19.7 Å². The molecular formula is C18H25N3O4. The lowest BCUT2D eigenvalue weighted by Gasteiger charge is -2.28. The normalized spacial score (nSPS) is 21.4. The van der Waals surface area contributed by atoms with Crippen molar-refractivity contribution in [3.05, 3.63) is 24.3 Å². The van der Waals surface area contributed by atoms with E-state index in [1.54, 1.807) is 18.1 Å². The number of carbonyl (C=O) groups excluding carboxylic acids is 2. The number of carbonyl (C=O) groups is 2. The Bertz CT molecular complexity index is 616. The Morgan fingerprint density at radius 3 is 2.88 bits per heavy atom. The number of morpholine rings is 1. The molecule has 1 aromatic carbocycles. The smallest absolute Gasteiger partial charge is 0.229 e. The zero-order chi connectivity index (χ0) is 17.6. The highest BCUT2D eigenvalue weighted by Crippen LogP contribution is 2.22. The fourth-order valence-electron chi connectivity index (χ4n) is 3.20. The molecule has 1 atom stereocenters. The first kappa shape index (κ1) is 17.7. The number of benzene rings is 1. The molecule has 2 aliphatic rings. The molecule has 136 valence electrons. The van der Waals surface area contributed by atoms with Crippen LogP contribution in [-0.2, 0) is 14.3 Å². The second-order valence-corrected chi connectivity index (χ2v) is 6.42. The number of amides is 2. The summed E-state index contributed by atoms with van der Waals surface area (Å²) < 4.78 is 10.5. The van der Waals surface area contributed by atoms with Gasteiger partial charge >= 0.3 is 0 Å². The largest absolute Gasteiger partial charge is 0.497 e. The van der Waals surface area contributed by atoms with E-state index in [1.165, 1.54) is 0 Å². The van der Waals surface area contributed by atoms with Crippen LogP contribution in [0.5, 0.6) is 5.75 Å². The van der Waals surface area contributed by atoms with Crippen LogP contribution in [0.1, 0.15) is 6.42 Å². The zero-order valence-electron chi connectivity index (χ0n) is 14.6. The van der Waals surface area contributed by atoms with Gasteiger partial charge in [-0.3, -0.25) is 14.5 Å². The Kier molecular flexibility index (Phi) is 5.88. The number of nitrogens with one attached hydrogen (secondary N) is 1. The van der Waals surface area contributed by atoms with Crippen molar-refractivity contribution in [3.8, 4) is 5.75 Å². The first-order chi connectivity index (χ1) is 12.2. The quantitative estimate of drug-likeness (QED) is 0.825. The third kappa shape index (κ3) is 4.70. The molecule has 25 heavy (non-hydrogen) atoms. The molecule has 0 aliphatic carbocycles. The van der Waals surface area contributed by atoms with Gasteiger partial charge in [0.15, 0.2) is 0 Å². The van der Waals surface area contributed by atoms with Crippen LogP contribution in [0.2, 0.25) is 0 Å². The minimum Gasteiger partial charge on any atom is -0.497 e. The van der Waals surface area contributed by atoms with Crippen molar-refractivity contribution in [2.75, 3.05) is 58.4 Å². The number of hydrogen-bond donors (Lipinski definition) is 1. The Hall–Kier alpha value is -2.12. The van der Waals surface area contributed by atoms with Crippen molar-refractivity contribution in [3.63, 3.8) is 0 Å². The van der Waals surface area contributed by atoms with E-state index in [1.807, 2.05) is 18.2 Å². The van der Waals surface area contributed by atoms with Crippen molar-refractivity contribution in [2.24, 2.45) is 5.92 Å². The van der Waals surface area contributed by atoms with E-state index in [0.29, 0.717) is 24.5 Å². The van der Waals surface area contributed by atoms with E-state index in [9.17, 15) is 9.59 Å². The molecule has 2 heterocycles. The monoisotopic (exact) mass is 347 g/mol. The Morgan fingerprint density at radius 2 is 2.12 bits per heavy atom. The van der Waals surface area contributed by atoms with Gasteiger partial charge in [0.1, 0.15) is 5.75 Å². The summed E-state index contributed by atoms with van der Waals surface area (Å²) in [6.07, 6.45) is 0.277. The molecule has 0 aromatic heterocycles. The molecule has 1 aromatic rings. The van der Waals surface area contributed by atoms with Gasteiger partial charge in [-0.15, -0.1) is 0 Å². The molecule has 3 rings (SSSR count). The highest BCUT2D eigenvalue weighted by molar-refractivity contribution is 5.97. The molecular weight excluding hydrogens is 322 g/mol. The molecule has 2 aliphatic heterocycles. The van der Waals surface area contributed by atoms with Crippen LogP contribution in [0.15, 0.2) is 24.3 Å². The van der Waals surface area contributed by atoms with Gasteiger partial charge in [0.05, 0.1) is 26.2 Å². The number of ether oxygens (including phenoxy) is 2. The molecule has 2 fully saturated rings. The maximum Gasteiger partial charge on any atom is 0.229 e. The van der Waals surface area contributed by atoms with E-state index in [2.05, 4.69) is 10.2 Å². The van der Waals surface area contributed by atoms with E-state index in [-0.39, 0.29) is 24.2 Å². The van der Waals surface area contributed by atoms with Gasteiger partial charge in [-0.05, 0) is 12.1 Å². The van der Waals surface area contributed by atoms with E-state index < -0.39 is 0 Å². The lowest BCUT2D eigenvalue weighted by Crippen LogP contribution is -2.42. The van der Waals surface area contributed by atoms with Crippen LogP contribution in [0.3, 0.4) is 0 Å². The van der Waals surface area contributed by atoms with Crippen LogP contribution < -0.4 is 10.1 Å². The second kappa shape index (κ2) is 8.31. The van der Waals surface area contributed by atoms with E-state index in [0.717, 1.165) is 32.8 Å². The lowest BCUT2D eigenvalue weighted by molar-refractivity contribution is -0.128. The van der Waals surface area contributed by atoms with Gasteiger partial charge in [0, 0.05) is 50.9 Å². The summed E-state index contributed by atoms with van der Waals surface area (Å²) in [5.41, 5.74) is 0.684. The van der Waals surface area contributed by atoms with Crippen LogP contribution in [-0.4, -0.2) is 74.7 Å². The maximum atomic E-state index is 12.5. The molecule has 2 amide bonds. The van der Waals surface area contributed by atoms with Crippen molar-refractivity contribution < 1.29 is 19.1 Å². The van der Waals surface area contributed by atoms with Crippen molar-refractivity contribution in [1.29, 1.82) is 0 Å². The second-order valence-electron chi connectivity index (χ2n) is 6.42. The maximum absolute atomic E-state index is 12.5. The van der Waals surface area contributed by atoms with E-state index in [4.69, 9.17) is 9.47 Å². The summed E-state index contributed by atoms with van der Waals surface area (Å²) in [4.78, 5) is 28.7. The summed E-state index contributed by atoms with van der Waals surface area (Å²) >= 11 is 0. The average molecular weight is 347 g/mol. The van der Waals surface area contributed by atoms with Gasteiger partial charge in [-0.1, -0.05) is 6.07 Å². The number of methoxy groups -OCH3 is 1. The summed E-state index contributed by atoms with van der Waals surface area (Å²) in [6.45, 7) is 5.29. The number of likely N-dealkylation sites (tertiary alicyclic amines) is 1. The summed E-state index contributed by atoms with van der Waals surface area (Å²) in [6, 6.07) is 7.23. The Labute approximate surface area is 147 Å². The predicted octanol–water partition coefficient (Wildman–Crippen LogP) is 0.814. The van der Waals surface area contributed by atoms with Crippen molar-refractivity contribution >= 4 is 17.5 Å². The average Bonchev–Trinajstić information content (AvgIpc) is 3.02. The molecule has 0 saturated carbocycles. The molecule has 0 bridgehead atoms. The topological polar surface area (TPSA) is 71.1 Å². The first-order valence-electron chi connectivity index (χ1n) is 8.68. The molecule has 7 nitrogen and oxygen atoms in total. The predicted molar refractivity (Wildman–Crippen MR) is 93.6 cm³/mol.